The fourth-order valence-electron chi connectivity index (χ4n) is 2.01. The number of aryl methyl sites for hydroxylation is 2. The summed E-state index contributed by atoms with van der Waals surface area (Å²) in [5.41, 5.74) is 2.28. The largest absolute Gasteiger partial charge is 0.441 e. The molecular weight excluding hydrogens is 290 g/mol. The highest BCUT2D eigenvalue weighted by atomic mass is 32.2. The molecule has 0 fully saturated rings. The van der Waals surface area contributed by atoms with Crippen LogP contribution in [0.15, 0.2) is 45.8 Å². The minimum atomic E-state index is -3.67. The molecule has 21 heavy (non-hydrogen) atoms. The molecule has 0 unspecified atom stereocenters. The Morgan fingerprint density at radius 3 is 2.71 bits per heavy atom. The van der Waals surface area contributed by atoms with E-state index in [2.05, 4.69) is 14.7 Å². The van der Waals surface area contributed by atoms with Crippen molar-refractivity contribution in [1.82, 2.24) is 9.97 Å². The van der Waals surface area contributed by atoms with Crippen molar-refractivity contribution in [2.45, 2.75) is 18.7 Å². The van der Waals surface area contributed by atoms with Crippen molar-refractivity contribution >= 4 is 26.8 Å². The average molecular weight is 303 g/mol. The van der Waals surface area contributed by atoms with E-state index in [0.29, 0.717) is 22.7 Å². The molecule has 1 N–H and O–H groups in total. The fourth-order valence-corrected chi connectivity index (χ4v) is 3.08. The average Bonchev–Trinajstić information content (AvgIpc) is 2.77. The molecule has 2 heterocycles. The molecular formula is C14H13N3O3S. The lowest BCUT2D eigenvalue weighted by Crippen LogP contribution is -2.13. The number of fused-ring (bicyclic) bond motifs is 1. The number of sulfonamides is 1. The van der Waals surface area contributed by atoms with Crippen LogP contribution in [0.25, 0.3) is 11.1 Å². The number of oxazole rings is 1. The molecule has 0 spiro atoms. The summed E-state index contributed by atoms with van der Waals surface area (Å²) in [6.07, 6.45) is 1.55. The second kappa shape index (κ2) is 4.85. The molecule has 7 heteroatoms. The topological polar surface area (TPSA) is 85.1 Å². The second-order valence-corrected chi connectivity index (χ2v) is 6.34. The van der Waals surface area contributed by atoms with Crippen LogP contribution in [0, 0.1) is 13.8 Å². The third kappa shape index (κ3) is 2.73. The summed E-state index contributed by atoms with van der Waals surface area (Å²) in [7, 11) is -3.67. The maximum absolute atomic E-state index is 12.4. The third-order valence-electron chi connectivity index (χ3n) is 2.93. The lowest BCUT2D eigenvalue weighted by atomic mass is 10.3. The van der Waals surface area contributed by atoms with Gasteiger partial charge in [0.05, 0.1) is 10.6 Å². The standard InChI is InChI=1S/C14H13N3O3S/c1-9-7-11(5-6-15-9)17-21(18,19)12-3-4-14-13(8-12)16-10(2)20-14/h3-8H,1-2H3,(H,15,17). The molecule has 0 aliphatic heterocycles. The number of nitrogens with zero attached hydrogens (tertiary/aromatic N) is 2. The van der Waals surface area contributed by atoms with Gasteiger partial charge in [-0.1, -0.05) is 0 Å². The van der Waals surface area contributed by atoms with Crippen molar-refractivity contribution in [2.75, 3.05) is 4.72 Å². The molecule has 3 rings (SSSR count). The first kappa shape index (κ1) is 13.6. The molecule has 0 radical (unpaired) electrons. The summed E-state index contributed by atoms with van der Waals surface area (Å²) < 4.78 is 32.6. The van der Waals surface area contributed by atoms with Gasteiger partial charge < -0.3 is 4.42 Å². The van der Waals surface area contributed by atoms with E-state index in [4.69, 9.17) is 4.42 Å². The van der Waals surface area contributed by atoms with Crippen LogP contribution < -0.4 is 4.72 Å². The maximum Gasteiger partial charge on any atom is 0.261 e. The lowest BCUT2D eigenvalue weighted by Gasteiger charge is -2.08. The van der Waals surface area contributed by atoms with Gasteiger partial charge in [-0.05, 0) is 37.3 Å². The van der Waals surface area contributed by atoms with Gasteiger partial charge >= 0.3 is 0 Å². The van der Waals surface area contributed by atoms with Gasteiger partial charge in [-0.25, -0.2) is 13.4 Å². The molecule has 0 atom stereocenters. The van der Waals surface area contributed by atoms with E-state index in [1.165, 1.54) is 12.1 Å². The van der Waals surface area contributed by atoms with Gasteiger partial charge in [0.1, 0.15) is 5.52 Å². The van der Waals surface area contributed by atoms with Gasteiger partial charge in [-0.15, -0.1) is 0 Å². The fraction of sp³-hybridized carbons (Fsp3) is 0.143. The van der Waals surface area contributed by atoms with Crippen LogP contribution in [0.2, 0.25) is 0 Å². The van der Waals surface area contributed by atoms with E-state index in [0.717, 1.165) is 5.69 Å². The second-order valence-electron chi connectivity index (χ2n) is 4.65. The quantitative estimate of drug-likeness (QED) is 0.804. The molecule has 0 aliphatic rings. The predicted octanol–water partition coefficient (Wildman–Crippen LogP) is 2.64. The number of benzene rings is 1. The minimum absolute atomic E-state index is 0.137. The van der Waals surface area contributed by atoms with Crippen molar-refractivity contribution in [3.05, 3.63) is 48.1 Å². The Hall–Kier alpha value is -2.41. The highest BCUT2D eigenvalue weighted by Gasteiger charge is 2.16. The van der Waals surface area contributed by atoms with Crippen molar-refractivity contribution in [1.29, 1.82) is 0 Å². The zero-order chi connectivity index (χ0) is 15.0. The molecule has 1 aromatic carbocycles. The summed E-state index contributed by atoms with van der Waals surface area (Å²) in [6.45, 7) is 3.51. The number of aromatic nitrogens is 2. The van der Waals surface area contributed by atoms with Gasteiger partial charge in [0.2, 0.25) is 0 Å². The number of nitrogens with one attached hydrogen (secondary N) is 1. The molecule has 0 saturated carbocycles. The SMILES string of the molecule is Cc1cc(NS(=O)(=O)c2ccc3oc(C)nc3c2)ccn1. The summed E-state index contributed by atoms with van der Waals surface area (Å²) in [6, 6.07) is 7.84. The molecule has 2 aromatic heterocycles. The van der Waals surface area contributed by atoms with Crippen LogP contribution in [0.5, 0.6) is 0 Å². The first-order valence-corrected chi connectivity index (χ1v) is 7.75. The Morgan fingerprint density at radius 2 is 1.95 bits per heavy atom. The number of rotatable bonds is 3. The van der Waals surface area contributed by atoms with Gasteiger partial charge in [0.15, 0.2) is 11.5 Å². The summed E-state index contributed by atoms with van der Waals surface area (Å²) >= 11 is 0. The monoisotopic (exact) mass is 303 g/mol. The lowest BCUT2D eigenvalue weighted by molar-refractivity contribution is 0.561. The molecule has 6 nitrogen and oxygen atoms in total. The number of anilines is 1. The predicted molar refractivity (Wildman–Crippen MR) is 78.5 cm³/mol. The van der Waals surface area contributed by atoms with E-state index in [9.17, 15) is 8.42 Å². The molecule has 0 bridgehead atoms. The van der Waals surface area contributed by atoms with Gasteiger partial charge in [-0.3, -0.25) is 9.71 Å². The molecule has 0 aliphatic carbocycles. The maximum atomic E-state index is 12.4. The number of pyridine rings is 1. The van der Waals surface area contributed by atoms with Crippen LogP contribution in [0.3, 0.4) is 0 Å². The Morgan fingerprint density at radius 1 is 1.14 bits per heavy atom. The van der Waals surface area contributed by atoms with Crippen LogP contribution in [-0.2, 0) is 10.0 Å². The van der Waals surface area contributed by atoms with Crippen LogP contribution in [0.4, 0.5) is 5.69 Å². The Bertz CT molecular complexity index is 916. The molecule has 108 valence electrons. The van der Waals surface area contributed by atoms with Gasteiger partial charge in [0, 0.05) is 18.8 Å². The van der Waals surface area contributed by atoms with E-state index < -0.39 is 10.0 Å². The smallest absolute Gasteiger partial charge is 0.261 e. The van der Waals surface area contributed by atoms with Crippen molar-refractivity contribution < 1.29 is 12.8 Å². The third-order valence-corrected chi connectivity index (χ3v) is 4.30. The van der Waals surface area contributed by atoms with Crippen LogP contribution in [-0.4, -0.2) is 18.4 Å². The van der Waals surface area contributed by atoms with Crippen molar-refractivity contribution in [3.63, 3.8) is 0 Å². The first-order chi connectivity index (χ1) is 9.94. The summed E-state index contributed by atoms with van der Waals surface area (Å²) in [4.78, 5) is 8.31. The first-order valence-electron chi connectivity index (χ1n) is 6.27. The van der Waals surface area contributed by atoms with Crippen molar-refractivity contribution in [3.8, 4) is 0 Å². The highest BCUT2D eigenvalue weighted by Crippen LogP contribution is 2.21. The van der Waals surface area contributed by atoms with Crippen LogP contribution in [0.1, 0.15) is 11.6 Å². The van der Waals surface area contributed by atoms with E-state index in [1.807, 2.05) is 0 Å². The minimum Gasteiger partial charge on any atom is -0.441 e. The number of hydrogen-bond donors (Lipinski definition) is 1. The Balaban J connectivity index is 1.99. The summed E-state index contributed by atoms with van der Waals surface area (Å²) in [5, 5.41) is 0. The molecule has 0 amide bonds. The molecule has 0 saturated heterocycles. The Labute approximate surface area is 121 Å². The van der Waals surface area contributed by atoms with Crippen molar-refractivity contribution in [2.24, 2.45) is 0 Å². The van der Waals surface area contributed by atoms with Gasteiger partial charge in [-0.2, -0.15) is 0 Å². The summed E-state index contributed by atoms with van der Waals surface area (Å²) in [5.74, 6) is 0.497. The normalized spacial score (nSPS) is 11.7. The molecule has 3 aromatic rings. The zero-order valence-electron chi connectivity index (χ0n) is 11.5. The van der Waals surface area contributed by atoms with E-state index in [1.54, 1.807) is 38.2 Å². The van der Waals surface area contributed by atoms with E-state index in [-0.39, 0.29) is 4.90 Å². The van der Waals surface area contributed by atoms with Gasteiger partial charge in [0.25, 0.3) is 10.0 Å². The number of hydrogen-bond acceptors (Lipinski definition) is 5. The van der Waals surface area contributed by atoms with Crippen LogP contribution >= 0.6 is 0 Å². The highest BCUT2D eigenvalue weighted by molar-refractivity contribution is 7.92. The zero-order valence-corrected chi connectivity index (χ0v) is 12.3. The van der Waals surface area contributed by atoms with E-state index >= 15 is 0 Å². The Kier molecular flexibility index (Phi) is 3.13.